The number of aromatic nitrogens is 2. The first-order chi connectivity index (χ1) is 15.0. The maximum Gasteiger partial charge on any atom is 0.274 e. The molecular weight excluding hydrogens is 392 g/mol. The summed E-state index contributed by atoms with van der Waals surface area (Å²) in [5.41, 5.74) is 2.23. The molecule has 7 nitrogen and oxygen atoms in total. The van der Waals surface area contributed by atoms with Crippen LogP contribution >= 0.6 is 0 Å². The molecule has 2 heterocycles. The lowest BCUT2D eigenvalue weighted by Crippen LogP contribution is -2.38. The number of carbonyl (C=O) groups is 2. The Bertz CT molecular complexity index is 956. The van der Waals surface area contributed by atoms with Crippen molar-refractivity contribution in [2.75, 3.05) is 6.54 Å². The van der Waals surface area contributed by atoms with Crippen molar-refractivity contribution in [3.63, 3.8) is 0 Å². The van der Waals surface area contributed by atoms with Crippen molar-refractivity contribution < 1.29 is 14.0 Å². The molecule has 31 heavy (non-hydrogen) atoms. The van der Waals surface area contributed by atoms with Gasteiger partial charge in [0.1, 0.15) is 11.5 Å². The number of rotatable bonds is 10. The summed E-state index contributed by atoms with van der Waals surface area (Å²) in [6.07, 6.45) is 6.52. The Kier molecular flexibility index (Phi) is 7.92. The van der Waals surface area contributed by atoms with Gasteiger partial charge in [-0.05, 0) is 44.4 Å². The zero-order valence-electron chi connectivity index (χ0n) is 18.0. The second-order valence-electron chi connectivity index (χ2n) is 7.59. The highest BCUT2D eigenvalue weighted by Gasteiger charge is 2.20. The molecule has 0 radical (unpaired) electrons. The van der Waals surface area contributed by atoms with Gasteiger partial charge in [0.25, 0.3) is 5.91 Å². The van der Waals surface area contributed by atoms with Crippen molar-refractivity contribution in [3.05, 3.63) is 83.8 Å². The molecular formula is C24H28N4O3. The number of nitrogens with one attached hydrogen (secondary N) is 1. The molecule has 162 valence electrons. The molecule has 1 atom stereocenters. The van der Waals surface area contributed by atoms with E-state index >= 15 is 0 Å². The van der Waals surface area contributed by atoms with Crippen LogP contribution in [0.4, 0.5) is 0 Å². The molecule has 7 heteroatoms. The van der Waals surface area contributed by atoms with E-state index in [-0.39, 0.29) is 43.1 Å². The van der Waals surface area contributed by atoms with E-state index < -0.39 is 0 Å². The van der Waals surface area contributed by atoms with Gasteiger partial charge in [-0.25, -0.2) is 4.98 Å². The zero-order chi connectivity index (χ0) is 22.1. The maximum absolute atomic E-state index is 12.9. The van der Waals surface area contributed by atoms with Gasteiger partial charge in [-0.1, -0.05) is 30.3 Å². The van der Waals surface area contributed by atoms with Crippen LogP contribution in [0.5, 0.6) is 0 Å². The monoisotopic (exact) mass is 420 g/mol. The number of aryl methyl sites for hydroxylation is 2. The predicted octanol–water partition coefficient (Wildman–Crippen LogP) is 3.55. The van der Waals surface area contributed by atoms with Crippen LogP contribution in [0.2, 0.25) is 0 Å². The lowest BCUT2D eigenvalue weighted by Gasteiger charge is -2.22. The smallest absolute Gasteiger partial charge is 0.274 e. The fraction of sp³-hybridized carbons (Fsp3) is 0.333. The normalized spacial score (nSPS) is 11.7. The average Bonchev–Trinajstić information content (AvgIpc) is 3.29. The van der Waals surface area contributed by atoms with Gasteiger partial charge in [-0.15, -0.1) is 0 Å². The van der Waals surface area contributed by atoms with Crippen molar-refractivity contribution in [1.29, 1.82) is 0 Å². The van der Waals surface area contributed by atoms with Crippen molar-refractivity contribution in [3.8, 4) is 0 Å². The largest absolute Gasteiger partial charge is 0.467 e. The van der Waals surface area contributed by atoms with Gasteiger partial charge in [-0.3, -0.25) is 14.6 Å². The second-order valence-corrected chi connectivity index (χ2v) is 7.59. The van der Waals surface area contributed by atoms with Gasteiger partial charge in [0.05, 0.1) is 24.7 Å². The Balaban J connectivity index is 1.54. The predicted molar refractivity (Wildman–Crippen MR) is 117 cm³/mol. The van der Waals surface area contributed by atoms with Crippen LogP contribution in [0.3, 0.4) is 0 Å². The Morgan fingerprint density at radius 1 is 1.10 bits per heavy atom. The molecule has 0 saturated carbocycles. The lowest BCUT2D eigenvalue weighted by molar-refractivity contribution is -0.121. The highest BCUT2D eigenvalue weighted by molar-refractivity contribution is 5.92. The Morgan fingerprint density at radius 2 is 1.90 bits per heavy atom. The molecule has 2 aromatic heterocycles. The molecule has 3 rings (SSSR count). The standard InChI is InChI=1S/C24H28N4O3/c1-18(10-11-20-7-4-3-5-8-20)27-23(29)12-13-28(17-21-9-6-14-31-21)24(30)22-16-25-19(2)15-26-22/h3-9,14-16,18H,10-13,17H2,1-2H3,(H,27,29)/t18-/m0/s1. The first-order valence-electron chi connectivity index (χ1n) is 10.4. The van der Waals surface area contributed by atoms with E-state index in [2.05, 4.69) is 27.4 Å². The Labute approximate surface area is 182 Å². The molecule has 0 saturated heterocycles. The molecule has 1 N–H and O–H groups in total. The lowest BCUT2D eigenvalue weighted by atomic mass is 10.1. The molecule has 0 fully saturated rings. The minimum Gasteiger partial charge on any atom is -0.467 e. The van der Waals surface area contributed by atoms with E-state index in [0.29, 0.717) is 5.76 Å². The molecule has 1 aromatic carbocycles. The summed E-state index contributed by atoms with van der Waals surface area (Å²) in [4.78, 5) is 35.3. The minimum absolute atomic E-state index is 0.0462. The number of amides is 2. The van der Waals surface area contributed by atoms with E-state index in [4.69, 9.17) is 4.42 Å². The van der Waals surface area contributed by atoms with E-state index in [0.717, 1.165) is 18.5 Å². The zero-order valence-corrected chi connectivity index (χ0v) is 18.0. The summed E-state index contributed by atoms with van der Waals surface area (Å²) in [6.45, 7) is 4.32. The first-order valence-corrected chi connectivity index (χ1v) is 10.4. The van der Waals surface area contributed by atoms with Crippen molar-refractivity contribution in [2.24, 2.45) is 0 Å². The van der Waals surface area contributed by atoms with Gasteiger partial charge in [-0.2, -0.15) is 0 Å². The van der Waals surface area contributed by atoms with Crippen molar-refractivity contribution in [2.45, 2.75) is 45.7 Å². The summed E-state index contributed by atoms with van der Waals surface area (Å²) in [5.74, 6) is 0.270. The van der Waals surface area contributed by atoms with Gasteiger partial charge in [0.2, 0.25) is 5.91 Å². The number of hydrogen-bond donors (Lipinski definition) is 1. The van der Waals surface area contributed by atoms with Crippen LogP contribution < -0.4 is 5.32 Å². The summed E-state index contributed by atoms with van der Waals surface area (Å²) >= 11 is 0. The average molecular weight is 421 g/mol. The van der Waals surface area contributed by atoms with Crippen LogP contribution in [0.1, 0.15) is 47.3 Å². The fourth-order valence-electron chi connectivity index (χ4n) is 3.19. The minimum atomic E-state index is -0.283. The summed E-state index contributed by atoms with van der Waals surface area (Å²) in [6, 6.07) is 13.8. The quantitative estimate of drug-likeness (QED) is 0.542. The van der Waals surface area contributed by atoms with Crippen LogP contribution in [-0.4, -0.2) is 39.3 Å². The van der Waals surface area contributed by atoms with Crippen LogP contribution in [0.15, 0.2) is 65.5 Å². The fourth-order valence-corrected chi connectivity index (χ4v) is 3.19. The molecule has 0 aliphatic carbocycles. The molecule has 0 aliphatic heterocycles. The number of nitrogens with zero attached hydrogens (tertiary/aromatic N) is 3. The van der Waals surface area contributed by atoms with Gasteiger partial charge < -0.3 is 14.6 Å². The topological polar surface area (TPSA) is 88.3 Å². The highest BCUT2D eigenvalue weighted by atomic mass is 16.3. The van der Waals surface area contributed by atoms with Gasteiger partial charge >= 0.3 is 0 Å². The van der Waals surface area contributed by atoms with E-state index in [1.165, 1.54) is 11.8 Å². The van der Waals surface area contributed by atoms with Gasteiger partial charge in [0.15, 0.2) is 0 Å². The van der Waals surface area contributed by atoms with Crippen molar-refractivity contribution in [1.82, 2.24) is 20.2 Å². The summed E-state index contributed by atoms with van der Waals surface area (Å²) < 4.78 is 5.38. The summed E-state index contributed by atoms with van der Waals surface area (Å²) in [7, 11) is 0. The second kappa shape index (κ2) is 11.1. The van der Waals surface area contributed by atoms with E-state index in [1.54, 1.807) is 29.5 Å². The van der Waals surface area contributed by atoms with Crippen LogP contribution in [0.25, 0.3) is 0 Å². The molecule has 2 amide bonds. The third-order valence-corrected chi connectivity index (χ3v) is 4.94. The Hall–Kier alpha value is -3.48. The molecule has 0 unspecified atom stereocenters. The van der Waals surface area contributed by atoms with Crippen molar-refractivity contribution >= 4 is 11.8 Å². The third-order valence-electron chi connectivity index (χ3n) is 4.94. The Morgan fingerprint density at radius 3 is 2.58 bits per heavy atom. The number of furan rings is 1. The number of benzene rings is 1. The van der Waals surface area contributed by atoms with Crippen LogP contribution in [-0.2, 0) is 17.8 Å². The van der Waals surface area contributed by atoms with E-state index in [1.807, 2.05) is 32.0 Å². The van der Waals surface area contributed by atoms with E-state index in [9.17, 15) is 9.59 Å². The molecule has 0 bridgehead atoms. The SMILES string of the molecule is Cc1cnc(C(=O)N(CCC(=O)N[C@@H](C)CCc2ccccc2)Cc2ccco2)cn1. The maximum atomic E-state index is 12.9. The summed E-state index contributed by atoms with van der Waals surface area (Å²) in [5, 5.41) is 3.02. The van der Waals surface area contributed by atoms with Crippen LogP contribution in [0, 0.1) is 6.92 Å². The molecule has 0 aliphatic rings. The number of carbonyl (C=O) groups excluding carboxylic acids is 2. The number of hydrogen-bond acceptors (Lipinski definition) is 5. The molecule has 0 spiro atoms. The third kappa shape index (κ3) is 7.06. The molecule has 3 aromatic rings. The van der Waals surface area contributed by atoms with Gasteiger partial charge in [0, 0.05) is 25.2 Å². The highest BCUT2D eigenvalue weighted by Crippen LogP contribution is 2.11. The first kappa shape index (κ1) is 22.2.